The first-order valence-electron chi connectivity index (χ1n) is 11.1. The van der Waals surface area contributed by atoms with Crippen LogP contribution in [-0.4, -0.2) is 18.0 Å². The number of hydrogen-bond donors (Lipinski definition) is 0. The maximum atomic E-state index is 2.79. The number of benzene rings is 3. The van der Waals surface area contributed by atoms with Gasteiger partial charge in [0.25, 0.3) is 0 Å². The molecule has 0 heterocycles. The van der Waals surface area contributed by atoms with Crippen molar-refractivity contribution in [1.29, 1.82) is 0 Å². The van der Waals surface area contributed by atoms with Gasteiger partial charge in [-0.1, -0.05) is 0 Å². The predicted octanol–water partition coefficient (Wildman–Crippen LogP) is 7.02. The van der Waals surface area contributed by atoms with Gasteiger partial charge in [-0.25, -0.2) is 0 Å². The molecule has 0 amide bonds. The first kappa shape index (κ1) is 23.8. The topological polar surface area (TPSA) is 3.24 Å². The number of rotatable bonds is 10. The second kappa shape index (κ2) is 11.1. The Balaban J connectivity index is 2.19. The van der Waals surface area contributed by atoms with Crippen LogP contribution in [0.4, 0.5) is 0 Å². The Morgan fingerprint density at radius 1 is 0.645 bits per heavy atom. The fourth-order valence-corrected chi connectivity index (χ4v) is 11.6. The van der Waals surface area contributed by atoms with Crippen LogP contribution < -0.4 is 15.9 Å². The summed E-state index contributed by atoms with van der Waals surface area (Å²) in [5.41, 5.74) is 0. The van der Waals surface area contributed by atoms with Crippen LogP contribution in [0.3, 0.4) is 0 Å². The van der Waals surface area contributed by atoms with Crippen molar-refractivity contribution in [3.8, 4) is 0 Å². The van der Waals surface area contributed by atoms with E-state index in [0.717, 1.165) is 25.9 Å². The molecule has 1 nitrogen and oxygen atoms in total. The van der Waals surface area contributed by atoms with E-state index in [1.165, 1.54) is 15.9 Å². The molecule has 0 aliphatic rings. The standard InChI is InChI=1S/C28H33INP/c1-3-22-30(23-4-2)24-14-15-25-31(29,26-16-8-5-9-17-26,27-18-10-6-11-19-27)28-20-12-7-13-21-28/h5-21,24-25H,3-4,22-23H2,1-2H3. The van der Waals surface area contributed by atoms with Crippen LogP contribution in [-0.2, 0) is 0 Å². The molecule has 0 aromatic heterocycles. The Kier molecular flexibility index (Phi) is 8.51. The van der Waals surface area contributed by atoms with Crippen LogP contribution >= 0.6 is 26.3 Å². The van der Waals surface area contributed by atoms with E-state index in [9.17, 15) is 0 Å². The third-order valence-corrected chi connectivity index (χ3v) is 16.2. The summed E-state index contributed by atoms with van der Waals surface area (Å²) in [6.45, 7) is 6.68. The van der Waals surface area contributed by atoms with Gasteiger partial charge in [0.05, 0.1) is 0 Å². The zero-order valence-electron chi connectivity index (χ0n) is 18.6. The van der Waals surface area contributed by atoms with Crippen LogP contribution in [0.2, 0.25) is 0 Å². The molecule has 162 valence electrons. The Morgan fingerprint density at radius 3 is 1.39 bits per heavy atom. The van der Waals surface area contributed by atoms with Gasteiger partial charge in [-0.2, -0.15) is 0 Å². The summed E-state index contributed by atoms with van der Waals surface area (Å²) in [7, 11) is 0. The molecule has 0 unspecified atom stereocenters. The molecular formula is C28H33INP. The van der Waals surface area contributed by atoms with Crippen molar-refractivity contribution in [2.45, 2.75) is 26.7 Å². The average Bonchev–Trinajstić information content (AvgIpc) is 2.84. The van der Waals surface area contributed by atoms with Crippen molar-refractivity contribution in [2.75, 3.05) is 13.1 Å². The number of halogens is 1. The number of nitrogens with zero attached hydrogens (tertiary/aromatic N) is 1. The minimum absolute atomic E-state index is 1.10. The van der Waals surface area contributed by atoms with E-state index in [2.05, 4.69) is 156 Å². The Labute approximate surface area is 201 Å². The maximum absolute atomic E-state index is 2.83. The molecule has 0 saturated heterocycles. The SMILES string of the molecule is CCCN(C=CC=CP(I)(c1ccccc1)(c1ccccc1)c1ccccc1)CCC. The van der Waals surface area contributed by atoms with Crippen molar-refractivity contribution in [1.82, 2.24) is 4.90 Å². The zero-order valence-corrected chi connectivity index (χ0v) is 21.6. The first-order chi connectivity index (χ1) is 15.1. The van der Waals surface area contributed by atoms with Crippen molar-refractivity contribution in [3.63, 3.8) is 0 Å². The molecule has 31 heavy (non-hydrogen) atoms. The van der Waals surface area contributed by atoms with Gasteiger partial charge in [0.15, 0.2) is 0 Å². The van der Waals surface area contributed by atoms with Crippen LogP contribution in [0.1, 0.15) is 26.7 Å². The van der Waals surface area contributed by atoms with E-state index in [4.69, 9.17) is 0 Å². The van der Waals surface area contributed by atoms with E-state index in [-0.39, 0.29) is 0 Å². The molecular weight excluding hydrogens is 508 g/mol. The van der Waals surface area contributed by atoms with Gasteiger partial charge in [-0.3, -0.25) is 0 Å². The second-order valence-electron chi connectivity index (χ2n) is 7.80. The van der Waals surface area contributed by atoms with E-state index < -0.39 is 4.25 Å². The third-order valence-electron chi connectivity index (χ3n) is 5.58. The molecule has 0 bridgehead atoms. The molecule has 0 fully saturated rings. The van der Waals surface area contributed by atoms with E-state index >= 15 is 0 Å². The molecule has 0 N–H and O–H groups in total. The molecule has 3 rings (SSSR count). The first-order valence-corrected chi connectivity index (χ1v) is 16.2. The molecule has 0 radical (unpaired) electrons. The van der Waals surface area contributed by atoms with Crippen LogP contribution in [0.25, 0.3) is 0 Å². The normalized spacial score (nSPS) is 13.3. The van der Waals surface area contributed by atoms with Gasteiger partial charge >= 0.3 is 202 Å². The van der Waals surface area contributed by atoms with Crippen molar-refractivity contribution >= 4 is 42.2 Å². The molecule has 0 atom stereocenters. The van der Waals surface area contributed by atoms with Gasteiger partial charge < -0.3 is 0 Å². The quantitative estimate of drug-likeness (QED) is 0.152. The van der Waals surface area contributed by atoms with E-state index in [1.807, 2.05) is 0 Å². The monoisotopic (exact) mass is 541 g/mol. The van der Waals surface area contributed by atoms with Crippen molar-refractivity contribution < 1.29 is 0 Å². The molecule has 0 aliphatic heterocycles. The minimum atomic E-state index is -2.83. The predicted molar refractivity (Wildman–Crippen MR) is 150 cm³/mol. The summed E-state index contributed by atoms with van der Waals surface area (Å²) in [6.07, 6.45) is 9.08. The zero-order chi connectivity index (χ0) is 22.0. The summed E-state index contributed by atoms with van der Waals surface area (Å²) in [4.78, 5) is 2.42. The second-order valence-corrected chi connectivity index (χ2v) is 17.8. The van der Waals surface area contributed by atoms with Crippen LogP contribution in [0.5, 0.6) is 0 Å². The summed E-state index contributed by atoms with van der Waals surface area (Å²) >= 11 is 2.79. The van der Waals surface area contributed by atoms with Gasteiger partial charge in [0.1, 0.15) is 0 Å². The van der Waals surface area contributed by atoms with E-state index in [0.29, 0.717) is 0 Å². The van der Waals surface area contributed by atoms with E-state index in [1.54, 1.807) is 0 Å². The molecule has 0 aliphatic carbocycles. The molecule has 0 spiro atoms. The van der Waals surface area contributed by atoms with Crippen molar-refractivity contribution in [3.05, 3.63) is 115 Å². The Morgan fingerprint density at radius 2 is 1.03 bits per heavy atom. The van der Waals surface area contributed by atoms with Gasteiger partial charge in [-0.05, 0) is 0 Å². The van der Waals surface area contributed by atoms with Crippen LogP contribution in [0.15, 0.2) is 115 Å². The third kappa shape index (κ3) is 5.13. The Hall–Kier alpha value is -1.90. The summed E-state index contributed by atoms with van der Waals surface area (Å²) in [6, 6.07) is 33.0. The van der Waals surface area contributed by atoms with Crippen molar-refractivity contribution in [2.24, 2.45) is 0 Å². The fraction of sp³-hybridized carbons (Fsp3) is 0.214. The number of allylic oxidation sites excluding steroid dienone is 2. The fourth-order valence-electron chi connectivity index (χ4n) is 4.08. The number of hydrogen-bond acceptors (Lipinski definition) is 1. The summed E-state index contributed by atoms with van der Waals surface area (Å²) in [5, 5.41) is 4.11. The summed E-state index contributed by atoms with van der Waals surface area (Å²) in [5.74, 6) is 2.48. The van der Waals surface area contributed by atoms with Crippen LogP contribution in [0, 0.1) is 0 Å². The molecule has 3 heteroatoms. The molecule has 0 saturated carbocycles. The van der Waals surface area contributed by atoms with Gasteiger partial charge in [0.2, 0.25) is 0 Å². The summed E-state index contributed by atoms with van der Waals surface area (Å²) < 4.78 is -2.83. The van der Waals surface area contributed by atoms with Gasteiger partial charge in [-0.15, -0.1) is 0 Å². The Bertz CT molecular complexity index is 878. The van der Waals surface area contributed by atoms with Gasteiger partial charge in [0, 0.05) is 0 Å². The average molecular weight is 541 g/mol. The molecule has 3 aromatic rings. The molecule has 3 aromatic carbocycles.